The average molecular weight is 357 g/mol. The summed E-state index contributed by atoms with van der Waals surface area (Å²) in [6.07, 6.45) is 2.49. The second-order valence-corrected chi connectivity index (χ2v) is 7.24. The molecule has 0 radical (unpaired) electrons. The monoisotopic (exact) mass is 357 g/mol. The molecule has 4 nitrogen and oxygen atoms in total. The highest BCUT2D eigenvalue weighted by atomic mass is 16.5. The highest BCUT2D eigenvalue weighted by molar-refractivity contribution is 5.93. The second kappa shape index (κ2) is 7.28. The van der Waals surface area contributed by atoms with Crippen molar-refractivity contribution in [2.24, 2.45) is 0 Å². The molecule has 1 aromatic heterocycles. The first-order valence-electron chi connectivity index (χ1n) is 9.44. The molecular formula is C23H23N3O. The van der Waals surface area contributed by atoms with E-state index >= 15 is 0 Å². The van der Waals surface area contributed by atoms with Crippen molar-refractivity contribution in [1.29, 1.82) is 5.26 Å². The molecule has 4 rings (SSSR count). The first-order valence-corrected chi connectivity index (χ1v) is 9.44. The number of ether oxygens (including phenoxy) is 1. The summed E-state index contributed by atoms with van der Waals surface area (Å²) in [5.74, 6) is 0.811. The van der Waals surface area contributed by atoms with Crippen LogP contribution in [0.1, 0.15) is 36.6 Å². The molecule has 0 amide bonds. The summed E-state index contributed by atoms with van der Waals surface area (Å²) < 4.78 is 5.96. The molecule has 0 saturated carbocycles. The number of nitrogens with zero attached hydrogens (tertiary/aromatic N) is 3. The van der Waals surface area contributed by atoms with E-state index in [9.17, 15) is 0 Å². The lowest BCUT2D eigenvalue weighted by Crippen LogP contribution is -2.26. The lowest BCUT2D eigenvalue weighted by Gasteiger charge is -2.25. The molecule has 136 valence electrons. The van der Waals surface area contributed by atoms with Gasteiger partial charge in [-0.1, -0.05) is 12.1 Å². The third kappa shape index (κ3) is 3.59. The number of anilines is 1. The molecule has 2 aromatic carbocycles. The van der Waals surface area contributed by atoms with E-state index in [1.807, 2.05) is 43.3 Å². The van der Waals surface area contributed by atoms with E-state index in [-0.39, 0.29) is 0 Å². The fraction of sp³-hybridized carbons (Fsp3) is 0.304. The largest absolute Gasteiger partial charge is 0.489 e. The van der Waals surface area contributed by atoms with Gasteiger partial charge in [0.2, 0.25) is 0 Å². The van der Waals surface area contributed by atoms with Gasteiger partial charge >= 0.3 is 0 Å². The zero-order chi connectivity index (χ0) is 18.8. The van der Waals surface area contributed by atoms with Gasteiger partial charge in [-0.2, -0.15) is 5.26 Å². The van der Waals surface area contributed by atoms with E-state index in [1.54, 1.807) is 0 Å². The minimum Gasteiger partial charge on any atom is -0.489 e. The van der Waals surface area contributed by atoms with Gasteiger partial charge < -0.3 is 9.64 Å². The molecule has 1 fully saturated rings. The minimum atomic E-state index is 0.471. The molecule has 2 heterocycles. The van der Waals surface area contributed by atoms with Crippen molar-refractivity contribution in [2.75, 3.05) is 11.4 Å². The summed E-state index contributed by atoms with van der Waals surface area (Å²) in [6.45, 7) is 5.92. The van der Waals surface area contributed by atoms with Gasteiger partial charge in [-0.3, -0.25) is 4.98 Å². The maximum atomic E-state index is 8.89. The van der Waals surface area contributed by atoms with Crippen LogP contribution in [-0.2, 0) is 6.61 Å². The van der Waals surface area contributed by atoms with Gasteiger partial charge in [0, 0.05) is 35.4 Å². The fourth-order valence-corrected chi connectivity index (χ4v) is 3.78. The maximum Gasteiger partial charge on any atom is 0.122 e. The molecule has 1 aliphatic heterocycles. The highest BCUT2D eigenvalue weighted by Gasteiger charge is 2.22. The van der Waals surface area contributed by atoms with Crippen molar-refractivity contribution in [1.82, 2.24) is 4.98 Å². The first kappa shape index (κ1) is 17.4. The quantitative estimate of drug-likeness (QED) is 0.660. The Balaban J connectivity index is 1.59. The third-order valence-corrected chi connectivity index (χ3v) is 5.24. The van der Waals surface area contributed by atoms with E-state index in [4.69, 9.17) is 15.0 Å². The molecule has 0 N–H and O–H groups in total. The van der Waals surface area contributed by atoms with Gasteiger partial charge in [0.05, 0.1) is 17.1 Å². The smallest absolute Gasteiger partial charge is 0.122 e. The van der Waals surface area contributed by atoms with Gasteiger partial charge in [-0.05, 0) is 62.6 Å². The molecular weight excluding hydrogens is 334 g/mol. The summed E-state index contributed by atoms with van der Waals surface area (Å²) in [4.78, 5) is 7.22. The van der Waals surface area contributed by atoms with Gasteiger partial charge in [0.25, 0.3) is 0 Å². The zero-order valence-corrected chi connectivity index (χ0v) is 15.8. The van der Waals surface area contributed by atoms with Crippen LogP contribution in [0.25, 0.3) is 10.9 Å². The maximum absolute atomic E-state index is 8.89. The fourth-order valence-electron chi connectivity index (χ4n) is 3.78. The van der Waals surface area contributed by atoms with E-state index in [0.29, 0.717) is 18.2 Å². The second-order valence-electron chi connectivity index (χ2n) is 7.24. The average Bonchev–Trinajstić information content (AvgIpc) is 3.11. The number of aryl methyl sites for hydroxylation is 1. The first-order chi connectivity index (χ1) is 13.1. The Morgan fingerprint density at radius 1 is 1.19 bits per heavy atom. The van der Waals surface area contributed by atoms with Crippen molar-refractivity contribution in [2.45, 2.75) is 39.3 Å². The topological polar surface area (TPSA) is 49.1 Å². The van der Waals surface area contributed by atoms with Crippen LogP contribution >= 0.6 is 0 Å². The lowest BCUT2D eigenvalue weighted by molar-refractivity contribution is 0.306. The van der Waals surface area contributed by atoms with Crippen LogP contribution in [0.2, 0.25) is 0 Å². The van der Waals surface area contributed by atoms with Crippen molar-refractivity contribution in [3.8, 4) is 11.8 Å². The summed E-state index contributed by atoms with van der Waals surface area (Å²) in [5.41, 5.74) is 4.98. The summed E-state index contributed by atoms with van der Waals surface area (Å²) >= 11 is 0. The molecule has 1 atom stereocenters. The third-order valence-electron chi connectivity index (χ3n) is 5.24. The van der Waals surface area contributed by atoms with Gasteiger partial charge in [0.1, 0.15) is 12.4 Å². The Hall–Kier alpha value is -3.06. The molecule has 0 spiro atoms. The number of fused-ring (bicyclic) bond motifs is 1. The van der Waals surface area contributed by atoms with Crippen LogP contribution in [0, 0.1) is 18.3 Å². The lowest BCUT2D eigenvalue weighted by atomic mass is 10.1. The predicted octanol–water partition coefficient (Wildman–Crippen LogP) is 4.98. The van der Waals surface area contributed by atoms with Crippen molar-refractivity contribution in [3.63, 3.8) is 0 Å². The standard InChI is InChI=1S/C23H23N3O/c1-16-12-23(26-11-3-4-17(26)2)21-10-9-20(13-22(21)25-16)27-15-19-7-5-18(14-24)6-8-19/h5-10,12-13,17H,3-4,11,15H2,1-2H3. The Morgan fingerprint density at radius 3 is 2.70 bits per heavy atom. The molecule has 1 unspecified atom stereocenters. The van der Waals surface area contributed by atoms with Crippen LogP contribution in [0.3, 0.4) is 0 Å². The van der Waals surface area contributed by atoms with Crippen LogP contribution in [0.5, 0.6) is 5.75 Å². The van der Waals surface area contributed by atoms with E-state index < -0.39 is 0 Å². The normalized spacial score (nSPS) is 16.5. The van der Waals surface area contributed by atoms with E-state index in [0.717, 1.165) is 29.1 Å². The summed E-state index contributed by atoms with van der Waals surface area (Å²) in [7, 11) is 0. The number of rotatable bonds is 4. The zero-order valence-electron chi connectivity index (χ0n) is 15.8. The van der Waals surface area contributed by atoms with Crippen molar-refractivity contribution in [3.05, 3.63) is 65.4 Å². The van der Waals surface area contributed by atoms with Crippen LogP contribution in [0.15, 0.2) is 48.5 Å². The predicted molar refractivity (Wildman–Crippen MR) is 108 cm³/mol. The van der Waals surface area contributed by atoms with Crippen LogP contribution < -0.4 is 9.64 Å². The highest BCUT2D eigenvalue weighted by Crippen LogP contribution is 2.33. The van der Waals surface area contributed by atoms with Crippen LogP contribution in [0.4, 0.5) is 5.69 Å². The molecule has 1 saturated heterocycles. The number of benzene rings is 2. The number of aromatic nitrogens is 1. The number of hydrogen-bond acceptors (Lipinski definition) is 4. The van der Waals surface area contributed by atoms with Crippen molar-refractivity contribution >= 4 is 16.6 Å². The molecule has 0 aliphatic carbocycles. The molecule has 1 aliphatic rings. The minimum absolute atomic E-state index is 0.471. The number of pyridine rings is 1. The Kier molecular flexibility index (Phi) is 4.68. The van der Waals surface area contributed by atoms with E-state index in [1.165, 1.54) is 23.9 Å². The van der Waals surface area contributed by atoms with Gasteiger partial charge in [-0.15, -0.1) is 0 Å². The molecule has 4 heteroatoms. The summed E-state index contributed by atoms with van der Waals surface area (Å²) in [6, 6.07) is 18.5. The number of nitriles is 1. The van der Waals surface area contributed by atoms with E-state index in [2.05, 4.69) is 30.0 Å². The molecule has 3 aromatic rings. The molecule has 27 heavy (non-hydrogen) atoms. The number of hydrogen-bond donors (Lipinski definition) is 0. The Labute approximate surface area is 160 Å². The Bertz CT molecular complexity index is 1000. The van der Waals surface area contributed by atoms with Crippen molar-refractivity contribution < 1.29 is 4.74 Å². The van der Waals surface area contributed by atoms with Gasteiger partial charge in [-0.25, -0.2) is 0 Å². The Morgan fingerprint density at radius 2 is 2.00 bits per heavy atom. The summed E-state index contributed by atoms with van der Waals surface area (Å²) in [5, 5.41) is 10.1. The SMILES string of the molecule is Cc1cc(N2CCCC2C)c2ccc(OCc3ccc(C#N)cc3)cc2n1. The van der Waals surface area contributed by atoms with Crippen LogP contribution in [-0.4, -0.2) is 17.6 Å². The molecule has 0 bridgehead atoms. The van der Waals surface area contributed by atoms with Gasteiger partial charge in [0.15, 0.2) is 0 Å².